The summed E-state index contributed by atoms with van der Waals surface area (Å²) >= 11 is 0. The highest BCUT2D eigenvalue weighted by Crippen LogP contribution is 2.30. The normalized spacial score (nSPS) is 26.0. The maximum absolute atomic E-state index is 12.4. The monoisotopic (exact) mass is 342 g/mol. The summed E-state index contributed by atoms with van der Waals surface area (Å²) in [7, 11) is 0. The first kappa shape index (κ1) is 18.4. The van der Waals surface area contributed by atoms with Crippen LogP contribution in [-0.4, -0.2) is 47.9 Å². The quantitative estimate of drug-likeness (QED) is 0.797. The van der Waals surface area contributed by atoms with Gasteiger partial charge in [0, 0.05) is 32.1 Å². The molecule has 0 aromatic heterocycles. The zero-order valence-corrected chi connectivity index (χ0v) is 16.0. The van der Waals surface area contributed by atoms with Gasteiger partial charge in [-0.1, -0.05) is 44.2 Å². The number of piperidine rings is 1. The van der Waals surface area contributed by atoms with Crippen molar-refractivity contribution in [2.45, 2.75) is 64.3 Å². The molecule has 0 radical (unpaired) electrons. The molecule has 3 nitrogen and oxygen atoms in total. The molecule has 2 fully saturated rings. The summed E-state index contributed by atoms with van der Waals surface area (Å²) in [6.07, 6.45) is 6.61. The van der Waals surface area contributed by atoms with E-state index in [1.54, 1.807) is 0 Å². The highest BCUT2D eigenvalue weighted by Gasteiger charge is 2.30. The topological polar surface area (TPSA) is 23.6 Å². The molecule has 2 saturated heterocycles. The Bertz CT molecular complexity index is 542. The van der Waals surface area contributed by atoms with Gasteiger partial charge in [-0.05, 0) is 56.0 Å². The molecule has 2 aliphatic rings. The second kappa shape index (κ2) is 8.84. The minimum Gasteiger partial charge on any atom is -0.343 e. The molecule has 2 atom stereocenters. The largest absolute Gasteiger partial charge is 0.343 e. The van der Waals surface area contributed by atoms with Gasteiger partial charge in [-0.15, -0.1) is 0 Å². The minimum atomic E-state index is 0.375. The Morgan fingerprint density at radius 3 is 2.64 bits per heavy atom. The zero-order chi connectivity index (χ0) is 17.6. The van der Waals surface area contributed by atoms with Gasteiger partial charge in [0.15, 0.2) is 0 Å². The fraction of sp³-hybridized carbons (Fsp3) is 0.682. The van der Waals surface area contributed by atoms with Gasteiger partial charge in [0.1, 0.15) is 0 Å². The maximum atomic E-state index is 12.4. The van der Waals surface area contributed by atoms with Crippen LogP contribution in [0.25, 0.3) is 0 Å². The number of nitrogens with zero attached hydrogens (tertiary/aromatic N) is 2. The molecule has 0 saturated carbocycles. The molecule has 0 spiro atoms. The van der Waals surface area contributed by atoms with Crippen LogP contribution in [0.5, 0.6) is 0 Å². The molecule has 25 heavy (non-hydrogen) atoms. The minimum absolute atomic E-state index is 0.375. The van der Waals surface area contributed by atoms with Crippen LogP contribution in [0, 0.1) is 5.92 Å². The van der Waals surface area contributed by atoms with Gasteiger partial charge in [0.25, 0.3) is 0 Å². The molecular formula is C22H34N2O. The molecule has 3 rings (SSSR count). The number of hydrogen-bond acceptors (Lipinski definition) is 2. The average Bonchev–Trinajstić information content (AvgIpc) is 2.82. The second-order valence-corrected chi connectivity index (χ2v) is 8.29. The van der Waals surface area contributed by atoms with Crippen molar-refractivity contribution in [3.8, 4) is 0 Å². The summed E-state index contributed by atoms with van der Waals surface area (Å²) in [6, 6.07) is 11.6. The van der Waals surface area contributed by atoms with Crippen LogP contribution in [0.4, 0.5) is 0 Å². The molecule has 0 N–H and O–H groups in total. The lowest BCUT2D eigenvalue weighted by Gasteiger charge is -2.38. The summed E-state index contributed by atoms with van der Waals surface area (Å²) in [5.74, 6) is 1.70. The van der Waals surface area contributed by atoms with E-state index in [2.05, 4.69) is 54.0 Å². The predicted octanol–water partition coefficient (Wildman–Crippen LogP) is 4.29. The SMILES string of the molecule is CC(C)CCN1CCC(N2CCCC(c3ccccc3)C2)CCC1=O. The van der Waals surface area contributed by atoms with E-state index in [0.29, 0.717) is 23.8 Å². The first-order chi connectivity index (χ1) is 12.1. The number of amides is 1. The van der Waals surface area contributed by atoms with E-state index < -0.39 is 0 Å². The molecule has 2 unspecified atom stereocenters. The number of benzene rings is 1. The molecule has 3 heteroatoms. The van der Waals surface area contributed by atoms with E-state index in [9.17, 15) is 4.79 Å². The molecule has 0 bridgehead atoms. The highest BCUT2D eigenvalue weighted by molar-refractivity contribution is 5.76. The van der Waals surface area contributed by atoms with Crippen molar-refractivity contribution in [2.24, 2.45) is 5.92 Å². The number of rotatable bonds is 5. The molecular weight excluding hydrogens is 308 g/mol. The summed E-state index contributed by atoms with van der Waals surface area (Å²) in [5, 5.41) is 0. The number of hydrogen-bond donors (Lipinski definition) is 0. The van der Waals surface area contributed by atoms with E-state index in [1.165, 1.54) is 24.9 Å². The second-order valence-electron chi connectivity index (χ2n) is 8.29. The molecule has 1 amide bonds. The van der Waals surface area contributed by atoms with Crippen LogP contribution in [0.15, 0.2) is 30.3 Å². The number of carbonyl (C=O) groups is 1. The third-order valence-electron chi connectivity index (χ3n) is 5.99. The lowest BCUT2D eigenvalue weighted by Crippen LogP contribution is -2.42. The van der Waals surface area contributed by atoms with Gasteiger partial charge < -0.3 is 4.90 Å². The lowest BCUT2D eigenvalue weighted by atomic mass is 9.89. The van der Waals surface area contributed by atoms with Crippen LogP contribution in [0.3, 0.4) is 0 Å². The third kappa shape index (κ3) is 5.07. The van der Waals surface area contributed by atoms with Gasteiger partial charge >= 0.3 is 0 Å². The molecule has 0 aliphatic carbocycles. The van der Waals surface area contributed by atoms with Gasteiger partial charge in [0.05, 0.1) is 0 Å². The van der Waals surface area contributed by atoms with E-state index >= 15 is 0 Å². The van der Waals surface area contributed by atoms with Gasteiger partial charge in [-0.2, -0.15) is 0 Å². The van der Waals surface area contributed by atoms with Crippen molar-refractivity contribution in [1.82, 2.24) is 9.80 Å². The summed E-state index contributed by atoms with van der Waals surface area (Å²) in [4.78, 5) is 17.3. The van der Waals surface area contributed by atoms with Crippen molar-refractivity contribution in [1.29, 1.82) is 0 Å². The van der Waals surface area contributed by atoms with E-state index in [0.717, 1.165) is 45.3 Å². The predicted molar refractivity (Wildman–Crippen MR) is 104 cm³/mol. The van der Waals surface area contributed by atoms with Gasteiger partial charge in [-0.3, -0.25) is 9.69 Å². The molecule has 2 aliphatic heterocycles. The summed E-state index contributed by atoms with van der Waals surface area (Å²) in [5.41, 5.74) is 1.48. The van der Waals surface area contributed by atoms with Gasteiger partial charge in [0.2, 0.25) is 5.91 Å². The standard InChI is InChI=1S/C22H34N2O/c1-18(2)12-15-23-16-13-21(10-11-22(23)25)24-14-6-9-20(17-24)19-7-4-3-5-8-19/h3-5,7-8,18,20-21H,6,9-17H2,1-2H3. The fourth-order valence-corrected chi connectivity index (χ4v) is 4.37. The number of carbonyl (C=O) groups excluding carboxylic acids is 1. The van der Waals surface area contributed by atoms with Crippen molar-refractivity contribution in [3.63, 3.8) is 0 Å². The van der Waals surface area contributed by atoms with E-state index in [-0.39, 0.29) is 0 Å². The Hall–Kier alpha value is -1.35. The van der Waals surface area contributed by atoms with Crippen molar-refractivity contribution in [3.05, 3.63) is 35.9 Å². The smallest absolute Gasteiger partial charge is 0.222 e. The Labute approximate surface area is 153 Å². The van der Waals surface area contributed by atoms with Crippen molar-refractivity contribution < 1.29 is 4.79 Å². The first-order valence-corrected chi connectivity index (χ1v) is 10.2. The van der Waals surface area contributed by atoms with Crippen molar-refractivity contribution >= 4 is 5.91 Å². The van der Waals surface area contributed by atoms with Crippen LogP contribution in [-0.2, 0) is 4.79 Å². The molecule has 1 aromatic carbocycles. The molecule has 2 heterocycles. The van der Waals surface area contributed by atoms with E-state index in [4.69, 9.17) is 0 Å². The highest BCUT2D eigenvalue weighted by atomic mass is 16.2. The first-order valence-electron chi connectivity index (χ1n) is 10.2. The molecule has 138 valence electrons. The third-order valence-corrected chi connectivity index (χ3v) is 5.99. The summed E-state index contributed by atoms with van der Waals surface area (Å²) < 4.78 is 0. The maximum Gasteiger partial charge on any atom is 0.222 e. The van der Waals surface area contributed by atoms with Gasteiger partial charge in [-0.25, -0.2) is 0 Å². The average molecular weight is 343 g/mol. The Morgan fingerprint density at radius 1 is 1.08 bits per heavy atom. The van der Waals surface area contributed by atoms with Crippen LogP contribution < -0.4 is 0 Å². The summed E-state index contributed by atoms with van der Waals surface area (Å²) in [6.45, 7) is 8.73. The zero-order valence-electron chi connectivity index (χ0n) is 16.0. The van der Waals surface area contributed by atoms with Crippen LogP contribution in [0.1, 0.15) is 63.9 Å². The van der Waals surface area contributed by atoms with E-state index in [1.807, 2.05) is 0 Å². The lowest BCUT2D eigenvalue weighted by molar-refractivity contribution is -0.130. The Balaban J connectivity index is 1.57. The molecule has 1 aromatic rings. The Morgan fingerprint density at radius 2 is 1.88 bits per heavy atom. The van der Waals surface area contributed by atoms with Crippen molar-refractivity contribution in [2.75, 3.05) is 26.2 Å². The number of likely N-dealkylation sites (tertiary alicyclic amines) is 2. The fourth-order valence-electron chi connectivity index (χ4n) is 4.37. The van der Waals surface area contributed by atoms with Crippen LogP contribution >= 0.6 is 0 Å². The van der Waals surface area contributed by atoms with Crippen LogP contribution in [0.2, 0.25) is 0 Å². The Kier molecular flexibility index (Phi) is 6.52.